The first-order chi connectivity index (χ1) is 11.4. The van der Waals surface area contributed by atoms with Gasteiger partial charge in [-0.2, -0.15) is 0 Å². The molecule has 132 valence electrons. The zero-order valence-electron chi connectivity index (χ0n) is 14.3. The molecule has 0 heterocycles. The third-order valence-electron chi connectivity index (χ3n) is 3.52. The number of carbonyl (C=O) groups is 2. The molecule has 7 heteroatoms. The number of amides is 1. The smallest absolute Gasteiger partial charge is 0.338 e. The molecule has 1 N–H and O–H groups in total. The van der Waals surface area contributed by atoms with Crippen LogP contribution in [0.2, 0.25) is 0 Å². The van der Waals surface area contributed by atoms with Crippen LogP contribution in [0.4, 0.5) is 5.69 Å². The molecule has 0 fully saturated rings. The molecule has 0 aliphatic heterocycles. The van der Waals surface area contributed by atoms with E-state index in [1.807, 2.05) is 6.92 Å². The third kappa shape index (κ3) is 5.98. The van der Waals surface area contributed by atoms with Crippen molar-refractivity contribution in [1.82, 2.24) is 5.32 Å². The number of carbonyl (C=O) groups excluding carboxylic acids is 2. The highest BCUT2D eigenvalue weighted by Gasteiger charge is 2.19. The van der Waals surface area contributed by atoms with Crippen molar-refractivity contribution in [1.29, 1.82) is 0 Å². The van der Waals surface area contributed by atoms with Crippen molar-refractivity contribution in [3.05, 3.63) is 39.4 Å². The molecule has 0 radical (unpaired) electrons. The lowest BCUT2D eigenvalue weighted by Crippen LogP contribution is -2.32. The minimum Gasteiger partial charge on any atom is -0.462 e. The lowest BCUT2D eigenvalue weighted by Gasteiger charge is -2.14. The van der Waals surface area contributed by atoms with Gasteiger partial charge < -0.3 is 10.1 Å². The zero-order valence-corrected chi connectivity index (χ0v) is 14.3. The average molecular weight is 336 g/mol. The van der Waals surface area contributed by atoms with E-state index in [-0.39, 0.29) is 29.5 Å². The van der Waals surface area contributed by atoms with E-state index in [0.717, 1.165) is 37.8 Å². The second kappa shape index (κ2) is 9.64. The van der Waals surface area contributed by atoms with Gasteiger partial charge in [0.25, 0.3) is 11.6 Å². The molecule has 0 spiro atoms. The van der Waals surface area contributed by atoms with Crippen LogP contribution in [0, 0.1) is 10.1 Å². The van der Waals surface area contributed by atoms with Crippen molar-refractivity contribution >= 4 is 17.6 Å². The summed E-state index contributed by atoms with van der Waals surface area (Å²) in [6, 6.07) is 3.55. The summed E-state index contributed by atoms with van der Waals surface area (Å²) in [5.41, 5.74) is -0.242. The number of hydrogen-bond donors (Lipinski definition) is 1. The number of hydrogen-bond acceptors (Lipinski definition) is 5. The Morgan fingerprint density at radius 3 is 2.46 bits per heavy atom. The first-order valence-electron chi connectivity index (χ1n) is 8.16. The maximum Gasteiger partial charge on any atom is 0.338 e. The number of nitro groups is 1. The first kappa shape index (κ1) is 19.6. The SMILES string of the molecule is CCCCCC(C)NC(=O)c1cc(C(=O)OCC)cc([N+](=O)[O-])c1. The van der Waals surface area contributed by atoms with Gasteiger partial charge >= 0.3 is 5.97 Å². The van der Waals surface area contributed by atoms with E-state index in [2.05, 4.69) is 12.2 Å². The van der Waals surface area contributed by atoms with Gasteiger partial charge in [0.1, 0.15) is 0 Å². The van der Waals surface area contributed by atoms with Gasteiger partial charge in [0.05, 0.1) is 17.1 Å². The number of nitrogens with zero attached hydrogens (tertiary/aromatic N) is 1. The number of ether oxygens (including phenoxy) is 1. The highest BCUT2D eigenvalue weighted by Crippen LogP contribution is 2.18. The van der Waals surface area contributed by atoms with Gasteiger partial charge in [-0.3, -0.25) is 14.9 Å². The highest BCUT2D eigenvalue weighted by molar-refractivity contribution is 5.99. The topological polar surface area (TPSA) is 98.5 Å². The molecule has 1 amide bonds. The van der Waals surface area contributed by atoms with E-state index in [1.54, 1.807) is 6.92 Å². The average Bonchev–Trinajstić information content (AvgIpc) is 2.54. The highest BCUT2D eigenvalue weighted by atomic mass is 16.6. The van der Waals surface area contributed by atoms with Crippen molar-refractivity contribution in [3.8, 4) is 0 Å². The van der Waals surface area contributed by atoms with Crippen LogP contribution >= 0.6 is 0 Å². The van der Waals surface area contributed by atoms with E-state index in [0.29, 0.717) is 0 Å². The third-order valence-corrected chi connectivity index (χ3v) is 3.52. The van der Waals surface area contributed by atoms with Crippen molar-refractivity contribution in [3.63, 3.8) is 0 Å². The van der Waals surface area contributed by atoms with Gasteiger partial charge in [-0.05, 0) is 26.3 Å². The monoisotopic (exact) mass is 336 g/mol. The summed E-state index contributed by atoms with van der Waals surface area (Å²) in [6.07, 6.45) is 4.01. The fraction of sp³-hybridized carbons (Fsp3) is 0.529. The van der Waals surface area contributed by atoms with Crippen LogP contribution in [-0.2, 0) is 4.74 Å². The van der Waals surface area contributed by atoms with E-state index in [1.165, 1.54) is 6.07 Å². The number of esters is 1. The Bertz CT molecular complexity index is 601. The maximum atomic E-state index is 12.3. The minimum absolute atomic E-state index is 0.00478. The fourth-order valence-corrected chi connectivity index (χ4v) is 2.26. The van der Waals surface area contributed by atoms with Crippen LogP contribution in [0.5, 0.6) is 0 Å². The quantitative estimate of drug-likeness (QED) is 0.322. The maximum absolute atomic E-state index is 12.3. The summed E-state index contributed by atoms with van der Waals surface area (Å²) < 4.78 is 4.85. The lowest BCUT2D eigenvalue weighted by atomic mass is 10.1. The van der Waals surface area contributed by atoms with E-state index >= 15 is 0 Å². The predicted octanol–water partition coefficient (Wildman–Crippen LogP) is 3.47. The summed E-state index contributed by atoms with van der Waals surface area (Å²) in [4.78, 5) is 34.5. The zero-order chi connectivity index (χ0) is 18.1. The van der Waals surface area contributed by atoms with Crippen molar-refractivity contribution in [2.45, 2.75) is 52.5 Å². The number of benzene rings is 1. The molecule has 0 aliphatic carbocycles. The van der Waals surface area contributed by atoms with Crippen molar-refractivity contribution in [2.24, 2.45) is 0 Å². The summed E-state index contributed by atoms with van der Waals surface area (Å²) in [5.74, 6) is -1.13. The Morgan fingerprint density at radius 2 is 1.88 bits per heavy atom. The van der Waals surface area contributed by atoms with Crippen LogP contribution in [0.1, 0.15) is 67.2 Å². The molecular weight excluding hydrogens is 312 g/mol. The molecule has 0 aromatic heterocycles. The van der Waals surface area contributed by atoms with Crippen molar-refractivity contribution in [2.75, 3.05) is 6.61 Å². The molecule has 1 atom stereocenters. The van der Waals surface area contributed by atoms with E-state index in [4.69, 9.17) is 4.74 Å². The molecule has 0 saturated heterocycles. The van der Waals surface area contributed by atoms with Crippen LogP contribution in [0.3, 0.4) is 0 Å². The number of non-ortho nitro benzene ring substituents is 1. The predicted molar refractivity (Wildman–Crippen MR) is 90.1 cm³/mol. The molecule has 1 unspecified atom stereocenters. The fourth-order valence-electron chi connectivity index (χ4n) is 2.26. The Morgan fingerprint density at radius 1 is 1.21 bits per heavy atom. The van der Waals surface area contributed by atoms with E-state index in [9.17, 15) is 19.7 Å². The Hall–Kier alpha value is -2.44. The van der Waals surface area contributed by atoms with Crippen LogP contribution in [0.15, 0.2) is 18.2 Å². The second-order valence-corrected chi connectivity index (χ2v) is 5.62. The second-order valence-electron chi connectivity index (χ2n) is 5.62. The number of nitrogens with one attached hydrogen (secondary N) is 1. The van der Waals surface area contributed by atoms with Crippen LogP contribution in [-0.4, -0.2) is 29.4 Å². The minimum atomic E-state index is -0.689. The van der Waals surface area contributed by atoms with Crippen molar-refractivity contribution < 1.29 is 19.2 Å². The summed E-state index contributed by atoms with van der Waals surface area (Å²) in [7, 11) is 0. The van der Waals surface area contributed by atoms with Gasteiger partial charge in [-0.1, -0.05) is 26.2 Å². The van der Waals surface area contributed by atoms with Gasteiger partial charge in [0.15, 0.2) is 0 Å². The molecule has 1 aromatic carbocycles. The molecule has 1 rings (SSSR count). The summed E-state index contributed by atoms with van der Waals surface area (Å²) in [5, 5.41) is 13.8. The lowest BCUT2D eigenvalue weighted by molar-refractivity contribution is -0.384. The Kier molecular flexibility index (Phi) is 7.88. The Balaban J connectivity index is 2.94. The Labute approximate surface area is 141 Å². The van der Waals surface area contributed by atoms with E-state index < -0.39 is 16.8 Å². The molecule has 0 saturated carbocycles. The van der Waals surface area contributed by atoms with Gasteiger partial charge in [-0.15, -0.1) is 0 Å². The standard InChI is InChI=1S/C17H24N2O5/c1-4-6-7-8-12(3)18-16(20)13-9-14(17(21)24-5-2)11-15(10-13)19(22)23/h9-12H,4-8H2,1-3H3,(H,18,20). The largest absolute Gasteiger partial charge is 0.462 e. The van der Waals surface area contributed by atoms with Gasteiger partial charge in [0, 0.05) is 23.7 Å². The normalized spacial score (nSPS) is 11.6. The molecule has 24 heavy (non-hydrogen) atoms. The number of unbranched alkanes of at least 4 members (excludes halogenated alkanes) is 2. The van der Waals surface area contributed by atoms with Gasteiger partial charge in [0.2, 0.25) is 0 Å². The number of rotatable bonds is 9. The number of nitro benzene ring substituents is 1. The summed E-state index contributed by atoms with van der Waals surface area (Å²) >= 11 is 0. The van der Waals surface area contributed by atoms with Crippen LogP contribution in [0.25, 0.3) is 0 Å². The molecule has 0 bridgehead atoms. The molecule has 7 nitrogen and oxygen atoms in total. The van der Waals surface area contributed by atoms with Crippen LogP contribution < -0.4 is 5.32 Å². The molecule has 1 aromatic rings. The summed E-state index contributed by atoms with van der Waals surface area (Å²) in [6.45, 7) is 5.78. The molecule has 0 aliphatic rings. The van der Waals surface area contributed by atoms with Gasteiger partial charge in [-0.25, -0.2) is 4.79 Å². The molecular formula is C17H24N2O5. The first-order valence-corrected chi connectivity index (χ1v) is 8.16.